The quantitative estimate of drug-likeness (QED) is 0.453. The Hall–Kier alpha value is -0.530. The minimum atomic E-state index is -1.50. The van der Waals surface area contributed by atoms with Crippen molar-refractivity contribution in [2.75, 3.05) is 6.67 Å². The molecule has 33 heavy (non-hydrogen) atoms. The largest absolute Gasteiger partial charge is 0.344 e. The number of Topliss-reactive ketones (excluding diaryl/α,β-unsaturated/α-hetero) is 1. The van der Waals surface area contributed by atoms with Crippen LogP contribution in [0.2, 0.25) is 0 Å². The molecule has 0 bridgehead atoms. The highest BCUT2D eigenvalue weighted by Gasteiger charge is 2.79. The lowest BCUT2D eigenvalue weighted by Crippen LogP contribution is -2.69. The van der Waals surface area contributed by atoms with Crippen molar-refractivity contribution in [3.05, 3.63) is 23.6 Å². The average Bonchev–Trinajstić information content (AvgIpc) is 3.13. The van der Waals surface area contributed by atoms with Gasteiger partial charge in [-0.3, -0.25) is 9.59 Å². The number of carbonyl (C=O) groups is 2. The number of carbonyl (C=O) groups excluding carboxylic acids is 2. The number of rotatable bonds is 2. The van der Waals surface area contributed by atoms with Gasteiger partial charge in [0.1, 0.15) is 0 Å². The molecule has 9 atom stereocenters. The zero-order chi connectivity index (χ0) is 24.4. The van der Waals surface area contributed by atoms with Gasteiger partial charge in [0.15, 0.2) is 29.7 Å². The zero-order valence-electron chi connectivity index (χ0n) is 18.9. The third-order valence-electron chi connectivity index (χ3n) is 9.19. The first-order valence-electron chi connectivity index (χ1n) is 11.3. The van der Waals surface area contributed by atoms with Gasteiger partial charge in [-0.25, -0.2) is 8.78 Å². The number of halogens is 5. The summed E-state index contributed by atoms with van der Waals surface area (Å²) in [6, 6.07) is 0. The van der Waals surface area contributed by atoms with Crippen LogP contribution in [0.4, 0.5) is 8.78 Å². The molecule has 3 saturated carbocycles. The van der Waals surface area contributed by atoms with E-state index in [1.165, 1.54) is 6.08 Å². The molecule has 0 N–H and O–H groups in total. The van der Waals surface area contributed by atoms with Crippen molar-refractivity contribution in [1.29, 1.82) is 0 Å². The highest BCUT2D eigenvalue weighted by atomic mass is 35.5. The maximum Gasteiger partial charge on any atom is 0.213 e. The number of alkyl halides is 4. The maximum atomic E-state index is 15.1. The first-order chi connectivity index (χ1) is 15.2. The molecule has 5 aliphatic rings. The fourth-order valence-electron chi connectivity index (χ4n) is 7.93. The molecule has 0 aromatic carbocycles. The first-order valence-corrected chi connectivity index (χ1v) is 12.5. The number of hydrogen-bond donors (Lipinski definition) is 0. The number of fused-ring (bicyclic) bond motifs is 7. The lowest BCUT2D eigenvalue weighted by Gasteiger charge is -2.64. The summed E-state index contributed by atoms with van der Waals surface area (Å²) in [4.78, 5) is 24.1. The molecule has 0 spiro atoms. The third kappa shape index (κ3) is 2.65. The molecule has 5 rings (SSSR count). The third-order valence-corrected chi connectivity index (χ3v) is 11.1. The Morgan fingerprint density at radius 1 is 1.18 bits per heavy atom. The van der Waals surface area contributed by atoms with Gasteiger partial charge in [-0.1, -0.05) is 19.9 Å². The van der Waals surface area contributed by atoms with Crippen LogP contribution in [0.15, 0.2) is 23.6 Å². The molecule has 0 amide bonds. The topological polar surface area (TPSA) is 52.6 Å². The second kappa shape index (κ2) is 7.03. The summed E-state index contributed by atoms with van der Waals surface area (Å²) in [7, 11) is 0. The molecule has 1 heterocycles. The molecule has 1 saturated heterocycles. The Kier molecular flexibility index (Phi) is 5.15. The first kappa shape index (κ1) is 24.2. The van der Waals surface area contributed by atoms with Crippen LogP contribution in [0.3, 0.4) is 0 Å². The van der Waals surface area contributed by atoms with E-state index in [-0.39, 0.29) is 30.3 Å². The summed E-state index contributed by atoms with van der Waals surface area (Å²) in [5.41, 5.74) is -3.31. The van der Waals surface area contributed by atoms with Gasteiger partial charge in [0.2, 0.25) is 5.78 Å². The lowest BCUT2D eigenvalue weighted by molar-refractivity contribution is -0.212. The van der Waals surface area contributed by atoms with E-state index in [9.17, 15) is 14.0 Å². The van der Waals surface area contributed by atoms with Crippen molar-refractivity contribution < 1.29 is 27.8 Å². The van der Waals surface area contributed by atoms with E-state index >= 15 is 4.39 Å². The minimum Gasteiger partial charge on any atom is -0.344 e. The van der Waals surface area contributed by atoms with Gasteiger partial charge in [0.25, 0.3) is 0 Å². The summed E-state index contributed by atoms with van der Waals surface area (Å²) >= 11 is 21.2. The zero-order valence-corrected chi connectivity index (χ0v) is 21.2. The van der Waals surface area contributed by atoms with Crippen LogP contribution in [-0.4, -0.2) is 51.4 Å². The molecule has 0 aromatic rings. The van der Waals surface area contributed by atoms with Crippen molar-refractivity contribution in [2.24, 2.45) is 22.7 Å². The van der Waals surface area contributed by atoms with Crippen molar-refractivity contribution in [3.63, 3.8) is 0 Å². The molecule has 4 fully saturated rings. The predicted octanol–water partition coefficient (Wildman–Crippen LogP) is 5.43. The monoisotopic (exact) mass is 522 g/mol. The molecule has 1 aliphatic heterocycles. The van der Waals surface area contributed by atoms with Gasteiger partial charge < -0.3 is 9.47 Å². The van der Waals surface area contributed by atoms with E-state index in [4.69, 9.17) is 44.3 Å². The Labute approximate surface area is 207 Å². The van der Waals surface area contributed by atoms with Gasteiger partial charge in [0.05, 0.1) is 21.7 Å². The molecule has 0 unspecified atom stereocenters. The minimum absolute atomic E-state index is 0.165. The van der Waals surface area contributed by atoms with Gasteiger partial charge in [-0.15, -0.1) is 34.8 Å². The standard InChI is InChI=1S/C24H27Cl3F2O4/c1-20(2)32-17-8-11-12-7-13(25)18-19(29)14(30)5-6-21(18,3)23(12,27)15(26)9-22(11,4)24(17,33-20)16(31)10-28/h5-6,11-13,15,17H,7-10H2,1-4H3/t11-,12-,13-,15-,17+,21-,22-,23-,24+/m0/s1. The number of hydrogen-bond acceptors (Lipinski definition) is 4. The van der Waals surface area contributed by atoms with Crippen LogP contribution in [0, 0.1) is 22.7 Å². The van der Waals surface area contributed by atoms with E-state index in [0.29, 0.717) is 6.42 Å². The van der Waals surface area contributed by atoms with E-state index in [0.717, 1.165) is 0 Å². The van der Waals surface area contributed by atoms with E-state index in [1.54, 1.807) is 26.8 Å². The maximum absolute atomic E-state index is 15.1. The highest BCUT2D eigenvalue weighted by molar-refractivity contribution is 6.34. The smallest absolute Gasteiger partial charge is 0.213 e. The predicted molar refractivity (Wildman–Crippen MR) is 121 cm³/mol. The fraction of sp³-hybridized carbons (Fsp3) is 0.750. The van der Waals surface area contributed by atoms with Gasteiger partial charge in [-0.2, -0.15) is 0 Å². The molecule has 182 valence electrons. The van der Waals surface area contributed by atoms with Crippen LogP contribution >= 0.6 is 34.8 Å². The Morgan fingerprint density at radius 2 is 1.85 bits per heavy atom. The van der Waals surface area contributed by atoms with Crippen molar-refractivity contribution in [2.45, 2.75) is 80.1 Å². The van der Waals surface area contributed by atoms with Crippen molar-refractivity contribution in [3.8, 4) is 0 Å². The SMILES string of the molecule is CC1(C)O[C@@H]2C[C@H]3[C@@H]4C[C@H](Cl)C5=C(F)C(=O)C=C[C@]5(C)[C@@]4(Cl)[C@@H](Cl)C[C@]3(C)[C@]2(C(=O)CF)O1. The number of ketones is 2. The highest BCUT2D eigenvalue weighted by Crippen LogP contribution is 2.74. The van der Waals surface area contributed by atoms with Gasteiger partial charge in [0, 0.05) is 10.8 Å². The molecular weight excluding hydrogens is 497 g/mol. The molecule has 4 aliphatic carbocycles. The van der Waals surface area contributed by atoms with Gasteiger partial charge >= 0.3 is 0 Å². The lowest BCUT2D eigenvalue weighted by atomic mass is 9.46. The summed E-state index contributed by atoms with van der Waals surface area (Å²) in [6.07, 6.45) is 3.07. The second-order valence-corrected chi connectivity index (χ2v) is 12.7. The molecule has 0 radical (unpaired) electrons. The van der Waals surface area contributed by atoms with Gasteiger partial charge in [-0.05, 0) is 56.6 Å². The Morgan fingerprint density at radius 3 is 2.48 bits per heavy atom. The van der Waals surface area contributed by atoms with Crippen molar-refractivity contribution >= 4 is 46.4 Å². The second-order valence-electron chi connectivity index (χ2n) is 11.0. The number of ether oxygens (including phenoxy) is 2. The average molecular weight is 524 g/mol. The summed E-state index contributed by atoms with van der Waals surface area (Å²) < 4.78 is 41.4. The van der Waals surface area contributed by atoms with Crippen LogP contribution in [0.5, 0.6) is 0 Å². The number of allylic oxidation sites excluding steroid dienone is 4. The molecule has 4 nitrogen and oxygen atoms in total. The summed E-state index contributed by atoms with van der Waals surface area (Å²) in [5.74, 6) is -3.92. The summed E-state index contributed by atoms with van der Waals surface area (Å²) in [6.45, 7) is 5.92. The van der Waals surface area contributed by atoms with Crippen LogP contribution in [-0.2, 0) is 19.1 Å². The van der Waals surface area contributed by atoms with Crippen LogP contribution in [0.25, 0.3) is 0 Å². The van der Waals surface area contributed by atoms with E-state index < -0.39 is 68.0 Å². The Bertz CT molecular complexity index is 1010. The Balaban J connectivity index is 1.67. The molecule has 0 aromatic heterocycles. The summed E-state index contributed by atoms with van der Waals surface area (Å²) in [5, 5.41) is -1.52. The van der Waals surface area contributed by atoms with E-state index in [1.807, 2.05) is 6.92 Å². The molecule has 9 heteroatoms. The van der Waals surface area contributed by atoms with E-state index in [2.05, 4.69) is 0 Å². The molecular formula is C24H27Cl3F2O4. The fourth-order valence-corrected chi connectivity index (χ4v) is 9.64. The van der Waals surface area contributed by atoms with Crippen LogP contribution in [0.1, 0.15) is 47.0 Å². The van der Waals surface area contributed by atoms with Crippen molar-refractivity contribution in [1.82, 2.24) is 0 Å². The van der Waals surface area contributed by atoms with Crippen LogP contribution < -0.4 is 0 Å². The normalized spacial score (nSPS) is 52.3.